The van der Waals surface area contributed by atoms with E-state index in [1.165, 1.54) is 9.81 Å². The van der Waals surface area contributed by atoms with Crippen LogP contribution in [0, 0.1) is 0 Å². The Labute approximate surface area is 262 Å². The van der Waals surface area contributed by atoms with Crippen molar-refractivity contribution in [1.29, 1.82) is 0 Å². The Morgan fingerprint density at radius 1 is 0.326 bits per heavy atom. The van der Waals surface area contributed by atoms with Crippen LogP contribution in [-0.2, 0) is 19.8 Å². The fourth-order valence-corrected chi connectivity index (χ4v) is 14.0. The zero-order chi connectivity index (χ0) is 29.1. The summed E-state index contributed by atoms with van der Waals surface area (Å²) in [7, 11) is 0. The summed E-state index contributed by atoms with van der Waals surface area (Å²) in [4.78, 5) is 0. The summed E-state index contributed by atoms with van der Waals surface area (Å²) >= 11 is -2.80. The number of benzene rings is 6. The third-order valence-corrected chi connectivity index (χ3v) is 16.2. The van der Waals surface area contributed by atoms with Crippen LogP contribution in [0.3, 0.4) is 0 Å². The summed E-state index contributed by atoms with van der Waals surface area (Å²) in [5.74, 6) is 2.65. The standard InChI is InChI=1S/3C13H11O.Bi/c3*1-3-7-12(8-4-1)11-14-13-9-5-2-6-10-13;/h3*1-5,7-10H,11H2;. The summed E-state index contributed by atoms with van der Waals surface area (Å²) in [6.45, 7) is 1.61. The topological polar surface area (TPSA) is 27.7 Å². The molecule has 43 heavy (non-hydrogen) atoms. The van der Waals surface area contributed by atoms with Gasteiger partial charge in [0, 0.05) is 0 Å². The van der Waals surface area contributed by atoms with Crippen molar-refractivity contribution in [3.63, 3.8) is 0 Å². The van der Waals surface area contributed by atoms with E-state index in [0.717, 1.165) is 33.9 Å². The first-order valence-electron chi connectivity index (χ1n) is 14.4. The zero-order valence-corrected chi connectivity index (χ0v) is 27.4. The van der Waals surface area contributed by atoms with E-state index in [0.29, 0.717) is 19.8 Å². The summed E-state index contributed by atoms with van der Waals surface area (Å²) in [5, 5.41) is 0. The average Bonchev–Trinajstić information content (AvgIpc) is 3.08. The second-order valence-corrected chi connectivity index (χ2v) is 18.8. The number of hydrogen-bond acceptors (Lipinski definition) is 3. The Morgan fingerprint density at radius 2 is 0.628 bits per heavy atom. The van der Waals surface area contributed by atoms with Crippen molar-refractivity contribution in [3.8, 4) is 17.2 Å². The van der Waals surface area contributed by atoms with E-state index < -0.39 is 21.8 Å². The Balaban J connectivity index is 1.30. The quantitative estimate of drug-likeness (QED) is 0.127. The second kappa shape index (κ2) is 14.7. The van der Waals surface area contributed by atoms with Gasteiger partial charge in [-0.1, -0.05) is 0 Å². The van der Waals surface area contributed by atoms with Gasteiger partial charge in [0.15, 0.2) is 0 Å². The van der Waals surface area contributed by atoms with E-state index in [2.05, 4.69) is 91.0 Å². The molecule has 0 N–H and O–H groups in total. The van der Waals surface area contributed by atoms with Crippen LogP contribution in [0.2, 0.25) is 0 Å². The minimum atomic E-state index is -2.80. The van der Waals surface area contributed by atoms with Gasteiger partial charge in [0.1, 0.15) is 0 Å². The molecule has 0 aliphatic carbocycles. The van der Waals surface area contributed by atoms with Gasteiger partial charge in [0.25, 0.3) is 0 Å². The molecule has 4 heteroatoms. The van der Waals surface area contributed by atoms with Crippen molar-refractivity contribution in [2.75, 3.05) is 0 Å². The maximum absolute atomic E-state index is 6.26. The van der Waals surface area contributed by atoms with Gasteiger partial charge in [-0.25, -0.2) is 0 Å². The van der Waals surface area contributed by atoms with Gasteiger partial charge in [0.2, 0.25) is 0 Å². The molecule has 0 saturated carbocycles. The van der Waals surface area contributed by atoms with E-state index in [1.807, 2.05) is 72.8 Å². The van der Waals surface area contributed by atoms with E-state index >= 15 is 0 Å². The van der Waals surface area contributed by atoms with Crippen LogP contribution in [0.15, 0.2) is 164 Å². The molecule has 6 aromatic rings. The first kappa shape index (κ1) is 28.7. The molecule has 6 rings (SSSR count). The van der Waals surface area contributed by atoms with Gasteiger partial charge in [-0.15, -0.1) is 0 Å². The van der Waals surface area contributed by atoms with Crippen molar-refractivity contribution < 1.29 is 14.2 Å². The average molecular weight is 759 g/mol. The first-order valence-corrected chi connectivity index (χ1v) is 19.6. The SMILES string of the molecule is c1ccc(COc2ccc[c]([Bi]([c]3cccc(OCc4ccccc4)c3)[c]3cccc(OCc4ccccc4)c3)c2)cc1. The molecule has 0 bridgehead atoms. The molecule has 0 amide bonds. The Hall–Kier alpha value is -4.40. The number of hydrogen-bond donors (Lipinski definition) is 0. The van der Waals surface area contributed by atoms with Crippen molar-refractivity contribution in [2.45, 2.75) is 19.8 Å². The normalized spacial score (nSPS) is 10.8. The van der Waals surface area contributed by atoms with Crippen molar-refractivity contribution in [2.24, 2.45) is 0 Å². The maximum atomic E-state index is 6.26. The molecule has 212 valence electrons. The first-order chi connectivity index (χ1) is 21.3. The van der Waals surface area contributed by atoms with Gasteiger partial charge >= 0.3 is 263 Å². The van der Waals surface area contributed by atoms with Crippen LogP contribution in [0.5, 0.6) is 17.2 Å². The van der Waals surface area contributed by atoms with E-state index in [4.69, 9.17) is 14.2 Å². The Morgan fingerprint density at radius 3 is 0.930 bits per heavy atom. The molecule has 0 spiro atoms. The van der Waals surface area contributed by atoms with Gasteiger partial charge in [-0.3, -0.25) is 0 Å². The van der Waals surface area contributed by atoms with Crippen LogP contribution in [0.4, 0.5) is 0 Å². The van der Waals surface area contributed by atoms with Gasteiger partial charge < -0.3 is 0 Å². The molecule has 0 fully saturated rings. The van der Waals surface area contributed by atoms with Gasteiger partial charge in [0.05, 0.1) is 0 Å². The molecule has 0 heterocycles. The third-order valence-electron chi connectivity index (χ3n) is 6.97. The molecule has 0 saturated heterocycles. The van der Waals surface area contributed by atoms with Crippen LogP contribution < -0.4 is 24.0 Å². The molecule has 0 radical (unpaired) electrons. The van der Waals surface area contributed by atoms with Crippen LogP contribution in [0.1, 0.15) is 16.7 Å². The Kier molecular flexibility index (Phi) is 9.79. The van der Waals surface area contributed by atoms with Gasteiger partial charge in [-0.2, -0.15) is 0 Å². The monoisotopic (exact) mass is 758 g/mol. The molecule has 3 nitrogen and oxygen atoms in total. The number of ether oxygens (including phenoxy) is 3. The van der Waals surface area contributed by atoms with Crippen LogP contribution in [0.25, 0.3) is 0 Å². The zero-order valence-electron chi connectivity index (χ0n) is 23.9. The summed E-state index contributed by atoms with van der Waals surface area (Å²) in [6, 6.07) is 56.8. The Bertz CT molecular complexity index is 1520. The predicted octanol–water partition coefficient (Wildman–Crippen LogP) is 6.94. The summed E-state index contributed by atoms with van der Waals surface area (Å²) in [5.41, 5.74) is 3.46. The molecule has 6 aromatic carbocycles. The second-order valence-electron chi connectivity index (χ2n) is 10.2. The predicted molar refractivity (Wildman–Crippen MR) is 176 cm³/mol. The fourth-order valence-electron chi connectivity index (χ4n) is 4.81. The van der Waals surface area contributed by atoms with Crippen molar-refractivity contribution in [1.82, 2.24) is 0 Å². The van der Waals surface area contributed by atoms with Crippen LogP contribution >= 0.6 is 0 Å². The molecule has 0 aromatic heterocycles. The molecule has 0 atom stereocenters. The number of rotatable bonds is 12. The van der Waals surface area contributed by atoms with E-state index in [-0.39, 0.29) is 0 Å². The summed E-state index contributed by atoms with van der Waals surface area (Å²) in [6.07, 6.45) is 0. The van der Waals surface area contributed by atoms with Crippen molar-refractivity contribution in [3.05, 3.63) is 180 Å². The van der Waals surface area contributed by atoms with Crippen LogP contribution in [-0.4, -0.2) is 21.8 Å². The van der Waals surface area contributed by atoms with Gasteiger partial charge in [-0.05, 0) is 0 Å². The molecule has 0 unspecified atom stereocenters. The molecular weight excluding hydrogens is 725 g/mol. The minimum absolute atomic E-state index is 0.537. The van der Waals surface area contributed by atoms with E-state index in [9.17, 15) is 0 Å². The van der Waals surface area contributed by atoms with Crippen molar-refractivity contribution >= 4 is 31.6 Å². The fraction of sp³-hybridized carbons (Fsp3) is 0.0769. The summed E-state index contributed by atoms with van der Waals surface area (Å²) < 4.78 is 22.8. The molecular formula is C39H33BiO3. The third kappa shape index (κ3) is 8.12. The molecule has 0 aliphatic heterocycles. The molecule has 0 aliphatic rings. The van der Waals surface area contributed by atoms with E-state index in [1.54, 1.807) is 0 Å².